The normalized spacial score (nSPS) is 30.8. The molecule has 2 atom stereocenters. The van der Waals surface area contributed by atoms with E-state index in [0.717, 1.165) is 19.7 Å². The van der Waals surface area contributed by atoms with Gasteiger partial charge in [-0.2, -0.15) is 0 Å². The molecule has 0 bridgehead atoms. The zero-order valence-electron chi connectivity index (χ0n) is 8.75. The Kier molecular flexibility index (Phi) is 3.88. The van der Waals surface area contributed by atoms with E-state index in [4.69, 9.17) is 4.74 Å². The van der Waals surface area contributed by atoms with Gasteiger partial charge in [0.15, 0.2) is 0 Å². The summed E-state index contributed by atoms with van der Waals surface area (Å²) in [5.41, 5.74) is 0. The van der Waals surface area contributed by atoms with Gasteiger partial charge in [-0.3, -0.25) is 9.69 Å². The summed E-state index contributed by atoms with van der Waals surface area (Å²) >= 11 is 0. The van der Waals surface area contributed by atoms with Crippen LogP contribution < -0.4 is 0 Å². The first-order valence-corrected chi connectivity index (χ1v) is 4.92. The van der Waals surface area contributed by atoms with Gasteiger partial charge in [-0.25, -0.2) is 0 Å². The highest BCUT2D eigenvalue weighted by Gasteiger charge is 2.29. The van der Waals surface area contributed by atoms with E-state index in [1.807, 2.05) is 6.92 Å². The Morgan fingerprint density at radius 3 is 2.85 bits per heavy atom. The SMILES string of the molecule is COCCN1CCC(=O)C(C)C1C. The lowest BCUT2D eigenvalue weighted by molar-refractivity contribution is -0.128. The van der Waals surface area contributed by atoms with Crippen molar-refractivity contribution in [2.45, 2.75) is 26.3 Å². The predicted octanol–water partition coefficient (Wildman–Crippen LogP) is 0.932. The maximum Gasteiger partial charge on any atom is 0.138 e. The second-order valence-electron chi connectivity index (χ2n) is 3.77. The molecule has 0 aromatic rings. The highest BCUT2D eigenvalue weighted by Crippen LogP contribution is 2.19. The molecule has 3 nitrogen and oxygen atoms in total. The van der Waals surface area contributed by atoms with Crippen LogP contribution in [0.1, 0.15) is 20.3 Å². The lowest BCUT2D eigenvalue weighted by atomic mass is 9.91. The summed E-state index contributed by atoms with van der Waals surface area (Å²) < 4.78 is 5.03. The number of Topliss-reactive ketones (excluding diaryl/α,β-unsaturated/α-hetero) is 1. The molecule has 1 fully saturated rings. The molecule has 0 saturated carbocycles. The van der Waals surface area contributed by atoms with Crippen LogP contribution in [0.15, 0.2) is 0 Å². The molecule has 0 spiro atoms. The molecule has 0 aromatic carbocycles. The van der Waals surface area contributed by atoms with Crippen molar-refractivity contribution >= 4 is 5.78 Å². The van der Waals surface area contributed by atoms with E-state index in [0.29, 0.717) is 18.2 Å². The van der Waals surface area contributed by atoms with Crippen LogP contribution in [0.25, 0.3) is 0 Å². The first-order valence-electron chi connectivity index (χ1n) is 4.92. The molecular weight excluding hydrogens is 166 g/mol. The van der Waals surface area contributed by atoms with Crippen molar-refractivity contribution in [3.63, 3.8) is 0 Å². The molecular formula is C10H19NO2. The number of hydrogen-bond donors (Lipinski definition) is 0. The van der Waals surface area contributed by atoms with E-state index >= 15 is 0 Å². The van der Waals surface area contributed by atoms with Crippen LogP contribution in [0.3, 0.4) is 0 Å². The van der Waals surface area contributed by atoms with E-state index < -0.39 is 0 Å². The number of carbonyl (C=O) groups excluding carboxylic acids is 1. The van der Waals surface area contributed by atoms with E-state index in [1.165, 1.54) is 0 Å². The van der Waals surface area contributed by atoms with Crippen LogP contribution in [0, 0.1) is 5.92 Å². The Balaban J connectivity index is 2.44. The van der Waals surface area contributed by atoms with Crippen molar-refractivity contribution in [2.75, 3.05) is 26.8 Å². The average molecular weight is 185 g/mol. The van der Waals surface area contributed by atoms with Crippen LogP contribution in [-0.2, 0) is 9.53 Å². The molecule has 3 heteroatoms. The minimum Gasteiger partial charge on any atom is -0.383 e. The Labute approximate surface area is 80.1 Å². The largest absolute Gasteiger partial charge is 0.383 e. The number of carbonyl (C=O) groups is 1. The Bertz CT molecular complexity index is 182. The number of ether oxygens (including phenoxy) is 1. The number of nitrogens with zero attached hydrogens (tertiary/aromatic N) is 1. The van der Waals surface area contributed by atoms with Gasteiger partial charge in [-0.05, 0) is 6.92 Å². The van der Waals surface area contributed by atoms with E-state index in [-0.39, 0.29) is 5.92 Å². The quantitative estimate of drug-likeness (QED) is 0.655. The average Bonchev–Trinajstić information content (AvgIpc) is 2.13. The fraction of sp³-hybridized carbons (Fsp3) is 0.900. The lowest BCUT2D eigenvalue weighted by Crippen LogP contribution is -2.47. The number of piperidine rings is 1. The van der Waals surface area contributed by atoms with Gasteiger partial charge in [0.1, 0.15) is 5.78 Å². The summed E-state index contributed by atoms with van der Waals surface area (Å²) in [6.45, 7) is 6.73. The number of ketones is 1. The van der Waals surface area contributed by atoms with Crippen molar-refractivity contribution in [3.05, 3.63) is 0 Å². The zero-order chi connectivity index (χ0) is 9.84. The maximum absolute atomic E-state index is 11.4. The standard InChI is InChI=1S/C10H19NO2/c1-8-9(2)11(6-7-13-3)5-4-10(8)12/h8-9H,4-7H2,1-3H3. The molecule has 0 aromatic heterocycles. The Hall–Kier alpha value is -0.410. The van der Waals surface area contributed by atoms with E-state index in [1.54, 1.807) is 7.11 Å². The van der Waals surface area contributed by atoms with Gasteiger partial charge < -0.3 is 4.74 Å². The number of rotatable bonds is 3. The Morgan fingerprint density at radius 1 is 1.54 bits per heavy atom. The summed E-state index contributed by atoms with van der Waals surface area (Å²) in [5.74, 6) is 0.590. The van der Waals surface area contributed by atoms with Crippen molar-refractivity contribution in [1.82, 2.24) is 4.90 Å². The molecule has 1 aliphatic rings. The number of methoxy groups -OCH3 is 1. The van der Waals surface area contributed by atoms with Gasteiger partial charge in [0.2, 0.25) is 0 Å². The zero-order valence-corrected chi connectivity index (χ0v) is 8.75. The molecule has 1 heterocycles. The fourth-order valence-corrected chi connectivity index (χ4v) is 1.79. The predicted molar refractivity (Wildman–Crippen MR) is 51.7 cm³/mol. The van der Waals surface area contributed by atoms with Gasteiger partial charge in [0.25, 0.3) is 0 Å². The van der Waals surface area contributed by atoms with Crippen LogP contribution in [0.2, 0.25) is 0 Å². The molecule has 0 amide bonds. The van der Waals surface area contributed by atoms with Crippen LogP contribution >= 0.6 is 0 Å². The first-order chi connectivity index (χ1) is 6.16. The van der Waals surface area contributed by atoms with Crippen LogP contribution in [-0.4, -0.2) is 43.5 Å². The smallest absolute Gasteiger partial charge is 0.138 e. The molecule has 1 saturated heterocycles. The van der Waals surface area contributed by atoms with Crippen molar-refractivity contribution in [3.8, 4) is 0 Å². The molecule has 76 valence electrons. The third-order valence-electron chi connectivity index (χ3n) is 3.04. The number of likely N-dealkylation sites (tertiary alicyclic amines) is 1. The second kappa shape index (κ2) is 4.72. The van der Waals surface area contributed by atoms with Gasteiger partial charge in [0.05, 0.1) is 6.61 Å². The second-order valence-corrected chi connectivity index (χ2v) is 3.77. The van der Waals surface area contributed by atoms with E-state index in [2.05, 4.69) is 11.8 Å². The number of hydrogen-bond acceptors (Lipinski definition) is 3. The highest BCUT2D eigenvalue weighted by atomic mass is 16.5. The van der Waals surface area contributed by atoms with Crippen molar-refractivity contribution in [2.24, 2.45) is 5.92 Å². The maximum atomic E-state index is 11.4. The van der Waals surface area contributed by atoms with Crippen molar-refractivity contribution < 1.29 is 9.53 Å². The molecule has 1 rings (SSSR count). The third-order valence-corrected chi connectivity index (χ3v) is 3.04. The molecule has 13 heavy (non-hydrogen) atoms. The van der Waals surface area contributed by atoms with E-state index in [9.17, 15) is 4.79 Å². The summed E-state index contributed by atoms with van der Waals surface area (Å²) in [4.78, 5) is 13.7. The van der Waals surface area contributed by atoms with Gasteiger partial charge >= 0.3 is 0 Å². The van der Waals surface area contributed by atoms with Gasteiger partial charge in [-0.1, -0.05) is 6.92 Å². The third kappa shape index (κ3) is 2.51. The summed E-state index contributed by atoms with van der Waals surface area (Å²) in [6.07, 6.45) is 0.704. The minimum absolute atomic E-state index is 0.186. The monoisotopic (exact) mass is 185 g/mol. The summed E-state index contributed by atoms with van der Waals surface area (Å²) in [5, 5.41) is 0. The Morgan fingerprint density at radius 2 is 2.23 bits per heavy atom. The highest BCUT2D eigenvalue weighted by molar-refractivity contribution is 5.82. The van der Waals surface area contributed by atoms with Crippen LogP contribution in [0.5, 0.6) is 0 Å². The molecule has 1 aliphatic heterocycles. The fourth-order valence-electron chi connectivity index (χ4n) is 1.79. The topological polar surface area (TPSA) is 29.5 Å². The first kappa shape index (κ1) is 10.7. The van der Waals surface area contributed by atoms with Gasteiger partial charge in [-0.15, -0.1) is 0 Å². The lowest BCUT2D eigenvalue weighted by Gasteiger charge is -2.36. The molecule has 0 N–H and O–H groups in total. The molecule has 0 radical (unpaired) electrons. The van der Waals surface area contributed by atoms with Crippen LogP contribution in [0.4, 0.5) is 0 Å². The van der Waals surface area contributed by atoms with Gasteiger partial charge in [0, 0.05) is 38.6 Å². The minimum atomic E-state index is 0.186. The molecule has 2 unspecified atom stereocenters. The molecule has 0 aliphatic carbocycles. The summed E-state index contributed by atoms with van der Waals surface area (Å²) in [7, 11) is 1.71. The summed E-state index contributed by atoms with van der Waals surface area (Å²) in [6, 6.07) is 0.372. The van der Waals surface area contributed by atoms with Crippen molar-refractivity contribution in [1.29, 1.82) is 0 Å².